The van der Waals surface area contributed by atoms with Crippen LogP contribution < -0.4 is 20.5 Å². The fourth-order valence-electron chi connectivity index (χ4n) is 1.84. The number of amides is 1. The van der Waals surface area contributed by atoms with Crippen molar-refractivity contribution in [2.24, 2.45) is 0 Å². The number of methoxy groups -OCH3 is 2. The normalized spacial score (nSPS) is 10.0. The molecular weight excluding hydrogens is 383 g/mol. The first-order chi connectivity index (χ1) is 10.1. The molecule has 3 N–H and O–H groups in total. The van der Waals surface area contributed by atoms with E-state index in [9.17, 15) is 4.79 Å². The van der Waals surface area contributed by atoms with Gasteiger partial charge in [-0.2, -0.15) is 0 Å². The third-order valence-electron chi connectivity index (χ3n) is 2.92. The Morgan fingerprint density at radius 2 is 1.76 bits per heavy atom. The highest BCUT2D eigenvalue weighted by molar-refractivity contribution is 14.1. The lowest BCUT2D eigenvalue weighted by Gasteiger charge is -2.13. The molecule has 0 aliphatic carbocycles. The lowest BCUT2D eigenvalue weighted by atomic mass is 10.1. The number of anilines is 2. The van der Waals surface area contributed by atoms with Gasteiger partial charge in [-0.15, -0.1) is 0 Å². The summed E-state index contributed by atoms with van der Waals surface area (Å²) < 4.78 is 11.3. The number of nitrogens with one attached hydrogen (secondary N) is 1. The van der Waals surface area contributed by atoms with Crippen molar-refractivity contribution in [1.29, 1.82) is 0 Å². The lowest BCUT2D eigenvalue weighted by molar-refractivity contribution is 0.102. The summed E-state index contributed by atoms with van der Waals surface area (Å²) in [5.74, 6) is 0.651. The Labute approximate surface area is 136 Å². The minimum Gasteiger partial charge on any atom is -0.493 e. The van der Waals surface area contributed by atoms with Gasteiger partial charge in [0.05, 0.1) is 25.5 Å². The van der Waals surface area contributed by atoms with E-state index in [4.69, 9.17) is 15.2 Å². The van der Waals surface area contributed by atoms with Crippen LogP contribution in [0.1, 0.15) is 10.4 Å². The van der Waals surface area contributed by atoms with Crippen LogP contribution in [0.15, 0.2) is 36.4 Å². The summed E-state index contributed by atoms with van der Waals surface area (Å²) in [6.07, 6.45) is 0. The molecular formula is C15H15IN2O3. The van der Waals surface area contributed by atoms with Crippen molar-refractivity contribution in [2.45, 2.75) is 0 Å². The molecule has 5 nitrogen and oxygen atoms in total. The first-order valence-electron chi connectivity index (χ1n) is 6.14. The smallest absolute Gasteiger partial charge is 0.257 e. The molecule has 0 aliphatic heterocycles. The lowest BCUT2D eigenvalue weighted by Crippen LogP contribution is -2.15. The highest BCUT2D eigenvalue weighted by atomic mass is 127. The van der Waals surface area contributed by atoms with Gasteiger partial charge in [0.25, 0.3) is 5.91 Å². The molecule has 2 rings (SSSR count). The number of benzene rings is 2. The van der Waals surface area contributed by atoms with E-state index < -0.39 is 0 Å². The van der Waals surface area contributed by atoms with E-state index in [1.165, 1.54) is 14.2 Å². The standard InChI is InChI=1S/C15H15IN2O3/c1-20-13-7-9(11(17)8-14(13)21-2)15(19)18-12-6-4-3-5-10(12)16/h3-8H,17H2,1-2H3,(H,18,19). The number of carbonyl (C=O) groups excluding carboxylic acids is 1. The van der Waals surface area contributed by atoms with E-state index >= 15 is 0 Å². The number of hydrogen-bond donors (Lipinski definition) is 2. The molecule has 0 atom stereocenters. The van der Waals surface area contributed by atoms with Crippen molar-refractivity contribution < 1.29 is 14.3 Å². The van der Waals surface area contributed by atoms with Crippen molar-refractivity contribution in [3.8, 4) is 11.5 Å². The predicted molar refractivity (Wildman–Crippen MR) is 91.1 cm³/mol. The van der Waals surface area contributed by atoms with Gasteiger partial charge >= 0.3 is 0 Å². The molecule has 0 bridgehead atoms. The van der Waals surface area contributed by atoms with Crippen molar-refractivity contribution in [2.75, 3.05) is 25.3 Å². The van der Waals surface area contributed by atoms with Crippen LogP contribution >= 0.6 is 22.6 Å². The Morgan fingerprint density at radius 1 is 1.14 bits per heavy atom. The summed E-state index contributed by atoms with van der Waals surface area (Å²) in [5, 5.41) is 2.83. The van der Waals surface area contributed by atoms with Crippen molar-refractivity contribution in [3.63, 3.8) is 0 Å². The van der Waals surface area contributed by atoms with Gasteiger partial charge in [-0.05, 0) is 40.8 Å². The Balaban J connectivity index is 2.33. The number of nitrogens with two attached hydrogens (primary N) is 1. The Bertz CT molecular complexity index is 674. The monoisotopic (exact) mass is 398 g/mol. The second-order valence-electron chi connectivity index (χ2n) is 4.23. The molecule has 0 saturated heterocycles. The van der Waals surface area contributed by atoms with Crippen LogP contribution in [-0.4, -0.2) is 20.1 Å². The van der Waals surface area contributed by atoms with E-state index in [1.54, 1.807) is 12.1 Å². The molecule has 0 unspecified atom stereocenters. The Morgan fingerprint density at radius 3 is 2.38 bits per heavy atom. The van der Waals surface area contributed by atoms with Gasteiger partial charge < -0.3 is 20.5 Å². The summed E-state index contributed by atoms with van der Waals surface area (Å²) >= 11 is 2.16. The van der Waals surface area contributed by atoms with E-state index in [1.807, 2.05) is 24.3 Å². The summed E-state index contributed by atoms with van der Waals surface area (Å²) in [4.78, 5) is 12.4. The van der Waals surface area contributed by atoms with Gasteiger partial charge in [-0.1, -0.05) is 12.1 Å². The fourth-order valence-corrected chi connectivity index (χ4v) is 2.37. The molecule has 6 heteroatoms. The SMILES string of the molecule is COc1cc(N)c(C(=O)Nc2ccccc2I)cc1OC. The summed E-state index contributed by atoms with van der Waals surface area (Å²) in [6.45, 7) is 0. The van der Waals surface area contributed by atoms with Crippen LogP contribution in [0.5, 0.6) is 11.5 Å². The molecule has 0 aromatic heterocycles. The number of para-hydroxylation sites is 1. The molecule has 21 heavy (non-hydrogen) atoms. The minimum absolute atomic E-state index is 0.294. The van der Waals surface area contributed by atoms with Gasteiger partial charge in [-0.25, -0.2) is 0 Å². The molecule has 0 aliphatic rings. The average molecular weight is 398 g/mol. The van der Waals surface area contributed by atoms with Crippen molar-refractivity contribution in [1.82, 2.24) is 0 Å². The second kappa shape index (κ2) is 6.66. The highest BCUT2D eigenvalue weighted by Gasteiger charge is 2.16. The number of nitrogen functional groups attached to an aromatic ring is 1. The Kier molecular flexibility index (Phi) is 4.89. The largest absolute Gasteiger partial charge is 0.493 e. The maximum absolute atomic E-state index is 12.4. The first-order valence-corrected chi connectivity index (χ1v) is 7.22. The maximum Gasteiger partial charge on any atom is 0.257 e. The van der Waals surface area contributed by atoms with Crippen LogP contribution in [0, 0.1) is 3.57 Å². The van der Waals surface area contributed by atoms with Crippen LogP contribution in [0.2, 0.25) is 0 Å². The maximum atomic E-state index is 12.4. The number of rotatable bonds is 4. The summed E-state index contributed by atoms with van der Waals surface area (Å²) in [6, 6.07) is 10.6. The number of halogens is 1. The first kappa shape index (κ1) is 15.4. The van der Waals surface area contributed by atoms with Crippen LogP contribution in [0.25, 0.3) is 0 Å². The summed E-state index contributed by atoms with van der Waals surface area (Å²) in [5.41, 5.74) is 7.32. The van der Waals surface area contributed by atoms with Crippen LogP contribution in [0.3, 0.4) is 0 Å². The van der Waals surface area contributed by atoms with E-state index in [2.05, 4.69) is 27.9 Å². The van der Waals surface area contributed by atoms with Crippen LogP contribution in [-0.2, 0) is 0 Å². The second-order valence-corrected chi connectivity index (χ2v) is 5.39. The predicted octanol–water partition coefficient (Wildman–Crippen LogP) is 3.14. The quantitative estimate of drug-likeness (QED) is 0.613. The van der Waals surface area contributed by atoms with Gasteiger partial charge in [0.15, 0.2) is 11.5 Å². The van der Waals surface area contributed by atoms with Crippen molar-refractivity contribution >= 4 is 39.9 Å². The molecule has 1 amide bonds. The highest BCUT2D eigenvalue weighted by Crippen LogP contribution is 2.32. The number of carbonyl (C=O) groups is 1. The molecule has 0 fully saturated rings. The molecule has 0 spiro atoms. The number of hydrogen-bond acceptors (Lipinski definition) is 4. The molecule has 2 aromatic rings. The molecule has 0 saturated carbocycles. The van der Waals surface area contributed by atoms with E-state index in [0.29, 0.717) is 22.7 Å². The molecule has 0 radical (unpaired) electrons. The van der Waals surface area contributed by atoms with Crippen molar-refractivity contribution in [3.05, 3.63) is 45.5 Å². The molecule has 0 heterocycles. The zero-order valence-corrected chi connectivity index (χ0v) is 13.8. The zero-order valence-electron chi connectivity index (χ0n) is 11.6. The van der Waals surface area contributed by atoms with Gasteiger partial charge in [0, 0.05) is 15.3 Å². The zero-order chi connectivity index (χ0) is 15.4. The van der Waals surface area contributed by atoms with Gasteiger partial charge in [0.1, 0.15) is 0 Å². The van der Waals surface area contributed by atoms with Gasteiger partial charge in [-0.3, -0.25) is 4.79 Å². The average Bonchev–Trinajstić information content (AvgIpc) is 2.49. The Hall–Kier alpha value is -1.96. The van der Waals surface area contributed by atoms with Crippen LogP contribution in [0.4, 0.5) is 11.4 Å². The van der Waals surface area contributed by atoms with E-state index in [0.717, 1.165) is 9.26 Å². The topological polar surface area (TPSA) is 73.6 Å². The molecule has 2 aromatic carbocycles. The fraction of sp³-hybridized carbons (Fsp3) is 0.133. The third kappa shape index (κ3) is 3.38. The summed E-state index contributed by atoms with van der Waals surface area (Å²) in [7, 11) is 3.03. The minimum atomic E-state index is -0.294. The molecule has 110 valence electrons. The van der Waals surface area contributed by atoms with Gasteiger partial charge in [0.2, 0.25) is 0 Å². The van der Waals surface area contributed by atoms with E-state index in [-0.39, 0.29) is 5.91 Å². The third-order valence-corrected chi connectivity index (χ3v) is 3.86. The number of ether oxygens (including phenoxy) is 2.